The second-order valence-corrected chi connectivity index (χ2v) is 13.3. The van der Waals surface area contributed by atoms with Gasteiger partial charge in [-0.25, -0.2) is 9.78 Å². The van der Waals surface area contributed by atoms with Crippen molar-refractivity contribution in [3.63, 3.8) is 0 Å². The second-order valence-electron chi connectivity index (χ2n) is 11.5. The van der Waals surface area contributed by atoms with Crippen LogP contribution in [0.4, 0.5) is 0 Å². The summed E-state index contributed by atoms with van der Waals surface area (Å²) in [5, 5.41) is 3.95. The molecule has 8 aromatic rings. The number of rotatable bonds is 5. The summed E-state index contributed by atoms with van der Waals surface area (Å²) in [7, 11) is 1.37. The third-order valence-electron chi connectivity index (χ3n) is 8.75. The van der Waals surface area contributed by atoms with Crippen molar-refractivity contribution in [2.75, 3.05) is 7.11 Å². The maximum Gasteiger partial charge on any atom is 0.356 e. The number of hydrogen-bond acceptors (Lipinski definition) is 4. The molecule has 0 N–H and O–H groups in total. The first-order valence-corrected chi connectivity index (χ1v) is 17.0. The first-order valence-electron chi connectivity index (χ1n) is 15.5. The summed E-state index contributed by atoms with van der Waals surface area (Å²) in [6.45, 7) is 0. The van der Waals surface area contributed by atoms with Crippen molar-refractivity contribution in [3.05, 3.63) is 154 Å². The number of aromatic nitrogens is 2. The molecule has 0 unspecified atom stereocenters. The van der Waals surface area contributed by atoms with E-state index in [9.17, 15) is 4.79 Å². The molecule has 0 saturated carbocycles. The normalized spacial score (nSPS) is 11.3. The van der Waals surface area contributed by atoms with Gasteiger partial charge < -0.3 is 4.74 Å². The molecule has 0 atom stereocenters. The van der Waals surface area contributed by atoms with Gasteiger partial charge in [0.2, 0.25) is 0 Å². The SMILES string of the molecule is COC(=O)c1ccc2c(n1)c1ncccc1c1c(-c3ccc(Br)cc3)c(-c3ccccc3)c(-c3ccccc3)c(-c3ccc(Br)cc3)c21. The zero-order chi connectivity index (χ0) is 32.8. The van der Waals surface area contributed by atoms with Gasteiger partial charge in [-0.05, 0) is 87.0 Å². The minimum atomic E-state index is -0.492. The predicted octanol–water partition coefficient (Wildman–Crippen LogP) is 11.9. The number of carbonyl (C=O) groups is 1. The molecule has 0 radical (unpaired) electrons. The Hall–Kier alpha value is -5.17. The Morgan fingerprint density at radius 2 is 1.00 bits per heavy atom. The maximum atomic E-state index is 12.8. The van der Waals surface area contributed by atoms with E-state index in [0.29, 0.717) is 5.52 Å². The number of halogens is 2. The fourth-order valence-electron chi connectivity index (χ4n) is 6.74. The molecule has 6 aromatic carbocycles. The molecule has 48 heavy (non-hydrogen) atoms. The van der Waals surface area contributed by atoms with E-state index in [1.807, 2.05) is 12.1 Å². The van der Waals surface area contributed by atoms with Crippen molar-refractivity contribution in [2.45, 2.75) is 0 Å². The van der Waals surface area contributed by atoms with Crippen LogP contribution in [-0.2, 0) is 4.74 Å². The fraction of sp³-hybridized carbons (Fsp3) is 0.0238. The highest BCUT2D eigenvalue weighted by atomic mass is 79.9. The Kier molecular flexibility index (Phi) is 7.83. The molecule has 6 heteroatoms. The lowest BCUT2D eigenvalue weighted by molar-refractivity contribution is 0.0594. The highest BCUT2D eigenvalue weighted by Crippen LogP contribution is 2.54. The van der Waals surface area contributed by atoms with Crippen LogP contribution in [0.3, 0.4) is 0 Å². The summed E-state index contributed by atoms with van der Waals surface area (Å²) in [5.41, 5.74) is 10.3. The van der Waals surface area contributed by atoms with Crippen LogP contribution in [0.25, 0.3) is 77.1 Å². The molecule has 0 aliphatic heterocycles. The van der Waals surface area contributed by atoms with Gasteiger partial charge in [0, 0.05) is 36.7 Å². The average Bonchev–Trinajstić information content (AvgIpc) is 3.15. The predicted molar refractivity (Wildman–Crippen MR) is 203 cm³/mol. The highest BCUT2D eigenvalue weighted by Gasteiger charge is 2.28. The van der Waals surface area contributed by atoms with Gasteiger partial charge in [0.05, 0.1) is 18.1 Å². The molecule has 0 fully saturated rings. The van der Waals surface area contributed by atoms with Crippen LogP contribution in [0.15, 0.2) is 149 Å². The first-order chi connectivity index (χ1) is 23.5. The van der Waals surface area contributed by atoms with Crippen LogP contribution in [0.5, 0.6) is 0 Å². The summed E-state index contributed by atoms with van der Waals surface area (Å²) in [6.07, 6.45) is 1.78. The molecule has 2 aromatic heterocycles. The van der Waals surface area contributed by atoms with Gasteiger partial charge in [0.25, 0.3) is 0 Å². The molecular weight excluding hydrogens is 724 g/mol. The van der Waals surface area contributed by atoms with E-state index in [-0.39, 0.29) is 5.69 Å². The fourth-order valence-corrected chi connectivity index (χ4v) is 7.27. The molecular formula is C42H26Br2N2O2. The number of ether oxygens (including phenoxy) is 1. The van der Waals surface area contributed by atoms with Crippen molar-refractivity contribution >= 4 is 70.4 Å². The number of hydrogen-bond donors (Lipinski definition) is 0. The van der Waals surface area contributed by atoms with Gasteiger partial charge in [-0.1, -0.05) is 123 Å². The van der Waals surface area contributed by atoms with Crippen molar-refractivity contribution in [1.82, 2.24) is 9.97 Å². The van der Waals surface area contributed by atoms with Crippen LogP contribution >= 0.6 is 31.9 Å². The van der Waals surface area contributed by atoms with Crippen molar-refractivity contribution in [2.24, 2.45) is 0 Å². The van der Waals surface area contributed by atoms with Crippen LogP contribution in [-0.4, -0.2) is 23.0 Å². The molecule has 0 spiro atoms. The first kappa shape index (κ1) is 30.2. The Morgan fingerprint density at radius 3 is 1.50 bits per heavy atom. The smallest absolute Gasteiger partial charge is 0.356 e. The van der Waals surface area contributed by atoms with Gasteiger partial charge in [-0.2, -0.15) is 0 Å². The lowest BCUT2D eigenvalue weighted by Crippen LogP contribution is -2.05. The number of nitrogens with zero attached hydrogens (tertiary/aromatic N) is 2. The van der Waals surface area contributed by atoms with Crippen molar-refractivity contribution in [3.8, 4) is 44.5 Å². The van der Waals surface area contributed by atoms with E-state index in [0.717, 1.165) is 80.5 Å². The van der Waals surface area contributed by atoms with E-state index in [2.05, 4.69) is 147 Å². The number of pyridine rings is 2. The number of fused-ring (bicyclic) bond motifs is 6. The summed E-state index contributed by atoms with van der Waals surface area (Å²) >= 11 is 7.33. The summed E-state index contributed by atoms with van der Waals surface area (Å²) in [5.74, 6) is -0.492. The minimum absolute atomic E-state index is 0.235. The second kappa shape index (κ2) is 12.5. The van der Waals surface area contributed by atoms with E-state index in [4.69, 9.17) is 14.7 Å². The van der Waals surface area contributed by atoms with Crippen molar-refractivity contribution < 1.29 is 9.53 Å². The van der Waals surface area contributed by atoms with Gasteiger partial charge >= 0.3 is 5.97 Å². The third-order valence-corrected chi connectivity index (χ3v) is 9.81. The Morgan fingerprint density at radius 1 is 0.521 bits per heavy atom. The van der Waals surface area contributed by atoms with E-state index >= 15 is 0 Å². The lowest BCUT2D eigenvalue weighted by Gasteiger charge is -2.26. The number of benzene rings is 6. The average molecular weight is 750 g/mol. The molecule has 0 saturated heterocycles. The van der Waals surface area contributed by atoms with Crippen LogP contribution in [0, 0.1) is 0 Å². The van der Waals surface area contributed by atoms with Gasteiger partial charge in [-0.3, -0.25) is 4.98 Å². The zero-order valence-electron chi connectivity index (χ0n) is 25.7. The molecule has 4 nitrogen and oxygen atoms in total. The summed E-state index contributed by atoms with van der Waals surface area (Å²) in [4.78, 5) is 22.6. The molecule has 0 aliphatic carbocycles. The summed E-state index contributed by atoms with van der Waals surface area (Å²) < 4.78 is 7.09. The number of esters is 1. The van der Waals surface area contributed by atoms with E-state index in [1.165, 1.54) is 7.11 Å². The minimum Gasteiger partial charge on any atom is -0.464 e. The molecule has 0 bridgehead atoms. The lowest BCUT2D eigenvalue weighted by atomic mass is 9.77. The quantitative estimate of drug-likeness (QED) is 0.130. The largest absolute Gasteiger partial charge is 0.464 e. The maximum absolute atomic E-state index is 12.8. The molecule has 230 valence electrons. The standard InChI is InChI=1S/C42H26Br2N2O2/c1-48-42(47)33-23-22-32-39-37(28-16-20-30(44)21-17-28)35(26-11-6-3-7-12-26)34(25-9-4-2-5-10-25)36(27-14-18-29(43)19-15-27)38(39)31-13-8-24-45-40(31)41(32)46-33/h2-24H,1H3. The Labute approximate surface area is 294 Å². The van der Waals surface area contributed by atoms with Gasteiger partial charge in [-0.15, -0.1) is 0 Å². The topological polar surface area (TPSA) is 52.1 Å². The Bertz CT molecular complexity index is 2500. The molecule has 0 amide bonds. The molecule has 8 rings (SSSR count). The highest BCUT2D eigenvalue weighted by molar-refractivity contribution is 9.10. The number of carbonyl (C=O) groups excluding carboxylic acids is 1. The third kappa shape index (κ3) is 5.09. The van der Waals surface area contributed by atoms with Crippen LogP contribution in [0.1, 0.15) is 10.5 Å². The van der Waals surface area contributed by atoms with Gasteiger partial charge in [0.15, 0.2) is 0 Å². The van der Waals surface area contributed by atoms with E-state index in [1.54, 1.807) is 12.3 Å². The monoisotopic (exact) mass is 748 g/mol. The van der Waals surface area contributed by atoms with Gasteiger partial charge in [0.1, 0.15) is 5.69 Å². The number of methoxy groups -OCH3 is 1. The van der Waals surface area contributed by atoms with Crippen LogP contribution in [0.2, 0.25) is 0 Å². The van der Waals surface area contributed by atoms with E-state index < -0.39 is 5.97 Å². The Balaban J connectivity index is 1.74. The molecule has 0 aliphatic rings. The molecule has 2 heterocycles. The van der Waals surface area contributed by atoms with Crippen LogP contribution < -0.4 is 0 Å². The van der Waals surface area contributed by atoms with Crippen molar-refractivity contribution in [1.29, 1.82) is 0 Å². The summed E-state index contributed by atoms with van der Waals surface area (Å²) in [6, 6.07) is 46.0. The zero-order valence-corrected chi connectivity index (χ0v) is 28.9.